The predicted molar refractivity (Wildman–Crippen MR) is 89.0 cm³/mol. The molecule has 1 fully saturated rings. The largest absolute Gasteiger partial charge is 0.482 e. The number of nitrogens with zero attached hydrogens (tertiary/aromatic N) is 2. The second kappa shape index (κ2) is 7.33. The number of amides is 1. The number of aliphatic carboxylic acids is 1. The number of halogens is 2. The minimum absolute atomic E-state index is 0.0217. The lowest BCUT2D eigenvalue weighted by molar-refractivity contribution is -0.141. The molecule has 1 unspecified atom stereocenters. The molecular formula is C16H14Cl2N2O5. The number of carboxylic acid groups (broad SMARTS) is 1. The van der Waals surface area contributed by atoms with Crippen molar-refractivity contribution in [1.29, 1.82) is 0 Å². The normalized spacial score (nSPS) is 16.9. The summed E-state index contributed by atoms with van der Waals surface area (Å²) in [4.78, 5) is 24.9. The number of aromatic nitrogens is 1. The molecule has 9 heteroatoms. The first-order valence-corrected chi connectivity index (χ1v) is 8.29. The zero-order valence-electron chi connectivity index (χ0n) is 12.9. The van der Waals surface area contributed by atoms with Gasteiger partial charge < -0.3 is 19.3 Å². The molecule has 1 aliphatic heterocycles. The Bertz CT molecular complexity index is 787. The van der Waals surface area contributed by atoms with E-state index in [1.54, 1.807) is 18.2 Å². The lowest BCUT2D eigenvalue weighted by atomic mass is 10.2. The summed E-state index contributed by atoms with van der Waals surface area (Å²) in [7, 11) is 0. The highest BCUT2D eigenvalue weighted by molar-refractivity contribution is 6.37. The lowest BCUT2D eigenvalue weighted by Gasteiger charge is -2.19. The molecule has 3 rings (SSSR count). The number of para-hydroxylation sites is 1. The Labute approximate surface area is 153 Å². The van der Waals surface area contributed by atoms with Gasteiger partial charge in [0.2, 0.25) is 0 Å². The Morgan fingerprint density at radius 3 is 2.76 bits per heavy atom. The van der Waals surface area contributed by atoms with Gasteiger partial charge in [0.05, 0.1) is 10.0 Å². The van der Waals surface area contributed by atoms with E-state index >= 15 is 0 Å². The fourth-order valence-electron chi connectivity index (χ4n) is 2.66. The molecule has 0 bridgehead atoms. The second-order valence-corrected chi connectivity index (χ2v) is 6.33. The van der Waals surface area contributed by atoms with Crippen molar-refractivity contribution in [2.24, 2.45) is 0 Å². The minimum atomic E-state index is -1.02. The smallest absolute Gasteiger partial charge is 0.326 e. The van der Waals surface area contributed by atoms with E-state index in [0.29, 0.717) is 40.9 Å². The van der Waals surface area contributed by atoms with E-state index in [0.717, 1.165) is 0 Å². The molecule has 2 heterocycles. The van der Waals surface area contributed by atoms with Crippen molar-refractivity contribution in [3.63, 3.8) is 0 Å². The molecular weight excluding hydrogens is 371 g/mol. The van der Waals surface area contributed by atoms with Crippen LogP contribution in [-0.4, -0.2) is 39.6 Å². The van der Waals surface area contributed by atoms with E-state index in [1.807, 2.05) is 0 Å². The molecule has 7 nitrogen and oxygen atoms in total. The number of carbonyl (C=O) groups excluding carboxylic acids is 1. The van der Waals surface area contributed by atoms with Crippen molar-refractivity contribution in [3.8, 4) is 5.75 Å². The Kier molecular flexibility index (Phi) is 5.15. The summed E-state index contributed by atoms with van der Waals surface area (Å²) >= 11 is 12.0. The SMILES string of the molecule is O=C(O)C1CCCN1C(=O)c1cc(COc2c(Cl)cccc2Cl)on1. The fraction of sp³-hybridized carbons (Fsp3) is 0.312. The minimum Gasteiger partial charge on any atom is -0.482 e. The molecule has 1 aliphatic rings. The molecule has 1 aromatic heterocycles. The summed E-state index contributed by atoms with van der Waals surface area (Å²) < 4.78 is 10.6. The fourth-order valence-corrected chi connectivity index (χ4v) is 3.17. The zero-order chi connectivity index (χ0) is 18.0. The highest BCUT2D eigenvalue weighted by Crippen LogP contribution is 2.33. The molecule has 0 radical (unpaired) electrons. The molecule has 0 aliphatic carbocycles. The summed E-state index contributed by atoms with van der Waals surface area (Å²) in [5.41, 5.74) is 0.0389. The van der Waals surface area contributed by atoms with Crippen LogP contribution in [0.4, 0.5) is 0 Å². The van der Waals surface area contributed by atoms with Gasteiger partial charge >= 0.3 is 5.97 Å². The number of carbonyl (C=O) groups is 2. The van der Waals surface area contributed by atoms with Gasteiger partial charge in [-0.1, -0.05) is 34.4 Å². The summed E-state index contributed by atoms with van der Waals surface area (Å²) in [5.74, 6) is -0.895. The average molecular weight is 385 g/mol. The van der Waals surface area contributed by atoms with E-state index in [9.17, 15) is 9.59 Å². The van der Waals surface area contributed by atoms with E-state index in [1.165, 1.54) is 11.0 Å². The third-order valence-electron chi connectivity index (χ3n) is 3.85. The number of rotatable bonds is 5. The first-order chi connectivity index (χ1) is 12.0. The highest BCUT2D eigenvalue weighted by atomic mass is 35.5. The number of ether oxygens (including phenoxy) is 1. The Morgan fingerprint density at radius 2 is 2.08 bits per heavy atom. The predicted octanol–water partition coefficient (Wildman–Crippen LogP) is 3.25. The van der Waals surface area contributed by atoms with Crippen molar-refractivity contribution >= 4 is 35.1 Å². The van der Waals surface area contributed by atoms with Crippen LogP contribution >= 0.6 is 23.2 Å². The maximum absolute atomic E-state index is 12.4. The number of likely N-dealkylation sites (tertiary alicyclic amines) is 1. The first-order valence-electron chi connectivity index (χ1n) is 7.53. The van der Waals surface area contributed by atoms with E-state index in [4.69, 9.17) is 37.6 Å². The number of benzene rings is 1. The van der Waals surface area contributed by atoms with Crippen molar-refractivity contribution in [2.45, 2.75) is 25.5 Å². The van der Waals surface area contributed by atoms with Crippen molar-refractivity contribution in [2.75, 3.05) is 6.54 Å². The monoisotopic (exact) mass is 384 g/mol. The van der Waals surface area contributed by atoms with Gasteiger partial charge in [-0.25, -0.2) is 4.79 Å². The molecule has 1 N–H and O–H groups in total. The van der Waals surface area contributed by atoms with Gasteiger partial charge in [0.15, 0.2) is 17.2 Å². The van der Waals surface area contributed by atoms with Crippen LogP contribution < -0.4 is 4.74 Å². The van der Waals surface area contributed by atoms with Gasteiger partial charge in [-0.15, -0.1) is 0 Å². The second-order valence-electron chi connectivity index (χ2n) is 5.51. The Balaban J connectivity index is 1.68. The third kappa shape index (κ3) is 3.72. The summed E-state index contributed by atoms with van der Waals surface area (Å²) in [6.45, 7) is 0.357. The number of hydrogen-bond acceptors (Lipinski definition) is 5. The van der Waals surface area contributed by atoms with Crippen molar-refractivity contribution in [3.05, 3.63) is 45.8 Å². The summed E-state index contributed by atoms with van der Waals surface area (Å²) in [5, 5.41) is 13.6. The van der Waals surface area contributed by atoms with Crippen LogP contribution in [0.3, 0.4) is 0 Å². The van der Waals surface area contributed by atoms with Crippen LogP contribution in [-0.2, 0) is 11.4 Å². The van der Waals surface area contributed by atoms with Gasteiger partial charge in [-0.2, -0.15) is 0 Å². The van der Waals surface area contributed by atoms with Crippen LogP contribution in [0, 0.1) is 0 Å². The van der Waals surface area contributed by atoms with Crippen LogP contribution in [0.1, 0.15) is 29.1 Å². The maximum Gasteiger partial charge on any atom is 0.326 e. The molecule has 0 saturated carbocycles. The van der Waals surface area contributed by atoms with Crippen LogP contribution in [0.5, 0.6) is 5.75 Å². The first kappa shape index (κ1) is 17.6. The highest BCUT2D eigenvalue weighted by Gasteiger charge is 2.35. The molecule has 1 aromatic carbocycles. The van der Waals surface area contributed by atoms with Gasteiger partial charge in [-0.3, -0.25) is 4.79 Å². The van der Waals surface area contributed by atoms with Crippen molar-refractivity contribution in [1.82, 2.24) is 10.1 Å². The molecule has 0 spiro atoms. The topological polar surface area (TPSA) is 92.9 Å². The number of carboxylic acids is 1. The van der Waals surface area contributed by atoms with E-state index in [2.05, 4.69) is 5.16 Å². The van der Waals surface area contributed by atoms with Gasteiger partial charge in [0, 0.05) is 12.6 Å². The van der Waals surface area contributed by atoms with E-state index in [-0.39, 0.29) is 12.3 Å². The Morgan fingerprint density at radius 1 is 1.36 bits per heavy atom. The molecule has 25 heavy (non-hydrogen) atoms. The van der Waals surface area contributed by atoms with Crippen molar-refractivity contribution < 1.29 is 24.0 Å². The molecule has 2 aromatic rings. The Hall–Kier alpha value is -2.25. The van der Waals surface area contributed by atoms with Crippen LogP contribution in [0.2, 0.25) is 10.0 Å². The maximum atomic E-state index is 12.4. The van der Waals surface area contributed by atoms with Crippen LogP contribution in [0.15, 0.2) is 28.8 Å². The van der Waals surface area contributed by atoms with Gasteiger partial charge in [-0.05, 0) is 25.0 Å². The molecule has 1 saturated heterocycles. The third-order valence-corrected chi connectivity index (χ3v) is 4.45. The average Bonchev–Trinajstić information content (AvgIpc) is 3.23. The summed E-state index contributed by atoms with van der Waals surface area (Å²) in [6.07, 6.45) is 1.07. The molecule has 1 amide bonds. The molecule has 132 valence electrons. The van der Waals surface area contributed by atoms with Crippen LogP contribution in [0.25, 0.3) is 0 Å². The zero-order valence-corrected chi connectivity index (χ0v) is 14.5. The van der Waals surface area contributed by atoms with Gasteiger partial charge in [0.25, 0.3) is 5.91 Å². The summed E-state index contributed by atoms with van der Waals surface area (Å²) in [6, 6.07) is 5.56. The molecule has 1 atom stereocenters. The standard InChI is InChI=1S/C16H14Cl2N2O5/c17-10-3-1-4-11(18)14(10)24-8-9-7-12(19-25-9)15(21)20-6-2-5-13(20)16(22)23/h1,3-4,7,13H,2,5-6,8H2,(H,22,23). The quantitative estimate of drug-likeness (QED) is 0.850. The lowest BCUT2D eigenvalue weighted by Crippen LogP contribution is -2.40. The van der Waals surface area contributed by atoms with Gasteiger partial charge in [0.1, 0.15) is 12.6 Å². The van der Waals surface area contributed by atoms with E-state index < -0.39 is 17.9 Å². The number of hydrogen-bond donors (Lipinski definition) is 1.